The molecule has 2 aromatic rings. The Hall–Kier alpha value is -2.45. The number of amides is 1. The summed E-state index contributed by atoms with van der Waals surface area (Å²) >= 11 is 0. The summed E-state index contributed by atoms with van der Waals surface area (Å²) in [5, 5.41) is 13.7. The predicted molar refractivity (Wildman–Crippen MR) is 134 cm³/mol. The number of aryl methyl sites for hydroxylation is 1. The van der Waals surface area contributed by atoms with E-state index in [1.165, 1.54) is 5.56 Å². The molecule has 1 saturated heterocycles. The molecule has 1 amide bonds. The number of carbonyl (C=O) groups is 1. The van der Waals surface area contributed by atoms with E-state index in [0.29, 0.717) is 25.5 Å². The van der Waals surface area contributed by atoms with Gasteiger partial charge in [0, 0.05) is 25.0 Å². The van der Waals surface area contributed by atoms with Gasteiger partial charge in [-0.2, -0.15) is 13.2 Å². The summed E-state index contributed by atoms with van der Waals surface area (Å²) < 4.78 is 53.0. The molecule has 0 bridgehead atoms. The minimum Gasteiger partial charge on any atom is -0.391 e. The van der Waals surface area contributed by atoms with Gasteiger partial charge in [-0.05, 0) is 74.4 Å². The number of alkyl halides is 3. The van der Waals surface area contributed by atoms with Gasteiger partial charge in [-0.25, -0.2) is 4.39 Å². The van der Waals surface area contributed by atoms with Crippen molar-refractivity contribution >= 4 is 5.91 Å². The maximum atomic E-state index is 13.8. The van der Waals surface area contributed by atoms with Crippen molar-refractivity contribution in [1.82, 2.24) is 10.2 Å². The van der Waals surface area contributed by atoms with Crippen LogP contribution >= 0.6 is 0 Å². The van der Waals surface area contributed by atoms with Crippen LogP contribution in [0.4, 0.5) is 17.6 Å². The van der Waals surface area contributed by atoms with Gasteiger partial charge >= 0.3 is 6.18 Å². The molecule has 2 N–H and O–H groups in total. The van der Waals surface area contributed by atoms with Gasteiger partial charge in [0.2, 0.25) is 5.91 Å². The smallest absolute Gasteiger partial charge is 0.391 e. The number of hydrogen-bond acceptors (Lipinski definition) is 3. The van der Waals surface area contributed by atoms with Crippen LogP contribution in [0.5, 0.6) is 0 Å². The lowest BCUT2D eigenvalue weighted by Crippen LogP contribution is -2.48. The lowest BCUT2D eigenvalue weighted by atomic mass is 9.74. The lowest BCUT2D eigenvalue weighted by Gasteiger charge is -2.40. The quantitative estimate of drug-likeness (QED) is 0.473. The molecule has 2 fully saturated rings. The summed E-state index contributed by atoms with van der Waals surface area (Å²) in [4.78, 5) is 15.7. The van der Waals surface area contributed by atoms with E-state index < -0.39 is 29.1 Å². The van der Waals surface area contributed by atoms with E-state index in [4.69, 9.17) is 0 Å². The Balaban J connectivity index is 1.40. The minimum absolute atomic E-state index is 0.0192. The molecule has 1 aliphatic carbocycles. The number of benzene rings is 2. The Kier molecular flexibility index (Phi) is 8.00. The average molecular weight is 521 g/mol. The van der Waals surface area contributed by atoms with Crippen molar-refractivity contribution in [2.75, 3.05) is 13.1 Å². The van der Waals surface area contributed by atoms with Crippen LogP contribution < -0.4 is 5.32 Å². The van der Waals surface area contributed by atoms with Crippen molar-refractivity contribution in [3.63, 3.8) is 0 Å². The van der Waals surface area contributed by atoms with E-state index in [1.54, 1.807) is 0 Å². The molecule has 4 atom stereocenters. The Labute approximate surface area is 216 Å². The zero-order chi connectivity index (χ0) is 27.0. The third-order valence-corrected chi connectivity index (χ3v) is 8.45. The molecule has 4 rings (SSSR count). The molecule has 202 valence electrons. The van der Waals surface area contributed by atoms with Crippen molar-refractivity contribution in [2.45, 2.75) is 77.2 Å². The number of β-amino-alcohol motifs (C(OH)–C–C–N with tert-alkyl or cyclic N) is 1. The van der Waals surface area contributed by atoms with Crippen molar-refractivity contribution in [3.8, 4) is 0 Å². The van der Waals surface area contributed by atoms with Crippen LogP contribution in [0.3, 0.4) is 0 Å². The predicted octanol–water partition coefficient (Wildman–Crippen LogP) is 5.81. The molecule has 0 radical (unpaired) electrons. The van der Waals surface area contributed by atoms with E-state index >= 15 is 0 Å². The number of piperidine rings is 1. The topological polar surface area (TPSA) is 52.6 Å². The van der Waals surface area contributed by atoms with Crippen molar-refractivity contribution < 1.29 is 27.5 Å². The first-order valence-corrected chi connectivity index (χ1v) is 13.0. The molecular weight excluding hydrogens is 484 g/mol. The largest absolute Gasteiger partial charge is 0.416 e. The second-order valence-corrected chi connectivity index (χ2v) is 11.1. The van der Waals surface area contributed by atoms with E-state index in [-0.39, 0.29) is 35.9 Å². The number of rotatable bonds is 6. The maximum Gasteiger partial charge on any atom is 0.416 e. The van der Waals surface area contributed by atoms with E-state index in [0.717, 1.165) is 37.1 Å². The molecule has 1 saturated carbocycles. The lowest BCUT2D eigenvalue weighted by molar-refractivity contribution is -0.137. The summed E-state index contributed by atoms with van der Waals surface area (Å²) in [5.41, 5.74) is 0.678. The van der Waals surface area contributed by atoms with Gasteiger partial charge in [0.05, 0.1) is 17.1 Å². The second-order valence-electron chi connectivity index (χ2n) is 11.1. The van der Waals surface area contributed by atoms with Gasteiger partial charge in [-0.15, -0.1) is 0 Å². The number of carbonyl (C=O) groups excluding carboxylic acids is 1. The van der Waals surface area contributed by atoms with Gasteiger partial charge in [0.25, 0.3) is 0 Å². The minimum atomic E-state index is -4.66. The molecule has 0 spiro atoms. The van der Waals surface area contributed by atoms with Crippen molar-refractivity contribution in [1.29, 1.82) is 0 Å². The third-order valence-electron chi connectivity index (χ3n) is 8.45. The second kappa shape index (κ2) is 10.7. The zero-order valence-corrected chi connectivity index (χ0v) is 21.6. The number of hydrogen-bond donors (Lipinski definition) is 2. The maximum absolute atomic E-state index is 13.8. The van der Waals surface area contributed by atoms with Crippen LogP contribution in [-0.4, -0.2) is 41.1 Å². The Morgan fingerprint density at radius 1 is 1.16 bits per heavy atom. The number of aliphatic hydroxyl groups is 1. The molecule has 1 aliphatic heterocycles. The number of nitrogens with zero attached hydrogens (tertiary/aromatic N) is 1. The normalized spacial score (nSPS) is 27.0. The first kappa shape index (κ1) is 27.6. The molecule has 4 nitrogen and oxygen atoms in total. The summed E-state index contributed by atoms with van der Waals surface area (Å²) in [6, 6.07) is 10.8. The molecule has 8 heteroatoms. The first-order chi connectivity index (χ1) is 17.4. The Morgan fingerprint density at radius 2 is 1.86 bits per heavy atom. The first-order valence-electron chi connectivity index (χ1n) is 13.0. The molecule has 1 heterocycles. The Bertz CT molecular complexity index is 1100. The van der Waals surface area contributed by atoms with Gasteiger partial charge in [0.15, 0.2) is 0 Å². The van der Waals surface area contributed by atoms with Crippen LogP contribution in [0.2, 0.25) is 0 Å². The van der Waals surface area contributed by atoms with E-state index in [9.17, 15) is 27.5 Å². The average Bonchev–Trinajstić information content (AvgIpc) is 3.29. The Morgan fingerprint density at radius 3 is 2.49 bits per heavy atom. The fourth-order valence-corrected chi connectivity index (χ4v) is 6.12. The highest BCUT2D eigenvalue weighted by Gasteiger charge is 2.49. The van der Waals surface area contributed by atoms with Crippen LogP contribution in [0, 0.1) is 24.1 Å². The van der Waals surface area contributed by atoms with Gasteiger partial charge in [-0.1, -0.05) is 43.7 Å². The van der Waals surface area contributed by atoms with Crippen LogP contribution in [-0.2, 0) is 17.5 Å². The monoisotopic (exact) mass is 520 g/mol. The highest BCUT2D eigenvalue weighted by atomic mass is 19.4. The van der Waals surface area contributed by atoms with E-state index in [1.807, 2.05) is 20.8 Å². The number of nitrogens with one attached hydrogen (secondary N) is 1. The molecule has 37 heavy (non-hydrogen) atoms. The van der Waals surface area contributed by atoms with Crippen molar-refractivity contribution in [3.05, 3.63) is 70.5 Å². The standard InChI is InChI=1S/C29H36F4N2O2/c1-18(2)28(27(37)34-16-20-12-22(29(31,32)33)14-23(30)13-20)10-8-24(15-28)35-11-9-25(26(36)17-35)21-6-4-19(3)5-7-21/h4-7,12-14,18,24-26,36H,8-11,15-17H2,1-3H3,(H,34,37)/t24?,25?,26-,28?/m1/s1. The molecule has 2 aliphatic rings. The summed E-state index contributed by atoms with van der Waals surface area (Å²) in [6.45, 7) is 7.23. The highest BCUT2D eigenvalue weighted by molar-refractivity contribution is 5.83. The fourth-order valence-electron chi connectivity index (χ4n) is 6.12. The molecule has 3 unspecified atom stereocenters. The van der Waals surface area contributed by atoms with Crippen LogP contribution in [0.1, 0.15) is 67.7 Å². The number of likely N-dealkylation sites (tertiary alicyclic amines) is 1. The molecular formula is C29H36F4N2O2. The SMILES string of the molecule is Cc1ccc(C2CCN(C3CCC(C(=O)NCc4cc(F)cc(C(F)(F)F)c4)(C(C)C)C3)C[C@H]2O)cc1. The number of aliphatic hydroxyl groups excluding tert-OH is 1. The van der Waals surface area contributed by atoms with Gasteiger partial charge in [-0.3, -0.25) is 9.69 Å². The molecule has 2 aromatic carbocycles. The van der Waals surface area contributed by atoms with Gasteiger partial charge in [0.1, 0.15) is 5.82 Å². The third kappa shape index (κ3) is 6.01. The molecule has 0 aromatic heterocycles. The van der Waals surface area contributed by atoms with Crippen molar-refractivity contribution in [2.24, 2.45) is 11.3 Å². The summed E-state index contributed by atoms with van der Waals surface area (Å²) in [6.07, 6.45) is -2.22. The van der Waals surface area contributed by atoms with Crippen LogP contribution in [0.25, 0.3) is 0 Å². The highest BCUT2D eigenvalue weighted by Crippen LogP contribution is 2.47. The summed E-state index contributed by atoms with van der Waals surface area (Å²) in [7, 11) is 0. The summed E-state index contributed by atoms with van der Waals surface area (Å²) in [5.74, 6) is -1.08. The van der Waals surface area contributed by atoms with E-state index in [2.05, 4.69) is 34.5 Å². The van der Waals surface area contributed by atoms with Crippen LogP contribution in [0.15, 0.2) is 42.5 Å². The van der Waals surface area contributed by atoms with Gasteiger partial charge < -0.3 is 10.4 Å². The fraction of sp³-hybridized carbons (Fsp3) is 0.552. The number of halogens is 4. The zero-order valence-electron chi connectivity index (χ0n) is 21.6.